The standard InChI is InChI=1S/C25H35N5O4/c1-18-15-22(27(3)26-18)25(32)30-9-7-21(8-10-30)34-24-16-20(5-6-23(24)33-4)17-28-11-13-29(14-12-28)19(2)31/h5-6,15-16,21H,7-14,17H2,1-4H3. The fourth-order valence-corrected chi connectivity index (χ4v) is 4.72. The predicted octanol–water partition coefficient (Wildman–Crippen LogP) is 2.08. The molecule has 0 saturated carbocycles. The molecule has 1 aromatic heterocycles. The van der Waals surface area contributed by atoms with Gasteiger partial charge in [-0.1, -0.05) is 6.07 Å². The van der Waals surface area contributed by atoms with E-state index < -0.39 is 0 Å². The van der Waals surface area contributed by atoms with Gasteiger partial charge in [-0.25, -0.2) is 0 Å². The van der Waals surface area contributed by atoms with E-state index in [1.54, 1.807) is 25.8 Å². The maximum absolute atomic E-state index is 12.9. The van der Waals surface area contributed by atoms with Gasteiger partial charge in [0.25, 0.3) is 5.91 Å². The molecular weight excluding hydrogens is 434 g/mol. The first-order chi connectivity index (χ1) is 16.3. The molecule has 0 unspecified atom stereocenters. The molecular formula is C25H35N5O4. The molecule has 2 aliphatic rings. The second-order valence-corrected chi connectivity index (χ2v) is 9.17. The SMILES string of the molecule is COc1ccc(CN2CCN(C(C)=O)CC2)cc1OC1CCN(C(=O)c2cc(C)nn2C)CC1. The van der Waals surface area contributed by atoms with E-state index in [0.717, 1.165) is 62.6 Å². The minimum absolute atomic E-state index is 0.0194. The van der Waals surface area contributed by atoms with Crippen molar-refractivity contribution in [3.8, 4) is 11.5 Å². The number of nitrogens with zero attached hydrogens (tertiary/aromatic N) is 5. The van der Waals surface area contributed by atoms with Crippen molar-refractivity contribution in [3.63, 3.8) is 0 Å². The Morgan fingerprint density at radius 3 is 2.29 bits per heavy atom. The third-order valence-corrected chi connectivity index (χ3v) is 6.70. The molecule has 0 N–H and O–H groups in total. The van der Waals surface area contributed by atoms with Crippen LogP contribution in [0.2, 0.25) is 0 Å². The van der Waals surface area contributed by atoms with Gasteiger partial charge in [-0.3, -0.25) is 19.2 Å². The van der Waals surface area contributed by atoms with Gasteiger partial charge in [-0.05, 0) is 30.7 Å². The van der Waals surface area contributed by atoms with Crippen LogP contribution in [0.15, 0.2) is 24.3 Å². The summed E-state index contributed by atoms with van der Waals surface area (Å²) in [6.07, 6.45) is 1.56. The van der Waals surface area contributed by atoms with E-state index >= 15 is 0 Å². The van der Waals surface area contributed by atoms with Gasteiger partial charge in [-0.15, -0.1) is 0 Å². The molecule has 0 spiro atoms. The zero-order valence-electron chi connectivity index (χ0n) is 20.6. The lowest BCUT2D eigenvalue weighted by Crippen LogP contribution is -2.47. The Hall–Kier alpha value is -3.07. The van der Waals surface area contributed by atoms with Crippen LogP contribution >= 0.6 is 0 Å². The summed E-state index contributed by atoms with van der Waals surface area (Å²) in [7, 11) is 3.46. The average molecular weight is 470 g/mol. The van der Waals surface area contributed by atoms with Crippen molar-refractivity contribution in [3.05, 3.63) is 41.2 Å². The molecule has 2 aromatic rings. The van der Waals surface area contributed by atoms with Gasteiger partial charge in [-0.2, -0.15) is 5.10 Å². The molecule has 1 aromatic carbocycles. The number of amides is 2. The zero-order chi connectivity index (χ0) is 24.2. The highest BCUT2D eigenvalue weighted by Gasteiger charge is 2.27. The Kier molecular flexibility index (Phi) is 7.41. The number of likely N-dealkylation sites (tertiary alicyclic amines) is 1. The highest BCUT2D eigenvalue weighted by molar-refractivity contribution is 5.92. The monoisotopic (exact) mass is 469 g/mol. The van der Waals surface area contributed by atoms with Crippen LogP contribution in [-0.2, 0) is 18.4 Å². The molecule has 4 rings (SSSR count). The lowest BCUT2D eigenvalue weighted by Gasteiger charge is -2.34. The van der Waals surface area contributed by atoms with E-state index in [9.17, 15) is 9.59 Å². The van der Waals surface area contributed by atoms with Gasteiger partial charge in [0.2, 0.25) is 5.91 Å². The number of benzene rings is 1. The minimum atomic E-state index is 0.0194. The molecule has 9 heteroatoms. The summed E-state index contributed by atoms with van der Waals surface area (Å²) in [4.78, 5) is 30.6. The third-order valence-electron chi connectivity index (χ3n) is 6.70. The fraction of sp³-hybridized carbons (Fsp3) is 0.560. The van der Waals surface area contributed by atoms with Crippen LogP contribution < -0.4 is 9.47 Å². The second-order valence-electron chi connectivity index (χ2n) is 9.17. The number of aromatic nitrogens is 2. The maximum Gasteiger partial charge on any atom is 0.272 e. The first-order valence-electron chi connectivity index (χ1n) is 12.0. The summed E-state index contributed by atoms with van der Waals surface area (Å²) in [5.41, 5.74) is 2.62. The van der Waals surface area contributed by atoms with Crippen molar-refractivity contribution < 1.29 is 19.1 Å². The molecule has 2 aliphatic heterocycles. The van der Waals surface area contributed by atoms with E-state index in [1.807, 2.05) is 28.9 Å². The van der Waals surface area contributed by atoms with Gasteiger partial charge < -0.3 is 19.3 Å². The van der Waals surface area contributed by atoms with Crippen LogP contribution in [0.3, 0.4) is 0 Å². The quantitative estimate of drug-likeness (QED) is 0.645. The van der Waals surface area contributed by atoms with Gasteiger partial charge in [0.05, 0.1) is 12.8 Å². The Labute approximate surface area is 201 Å². The van der Waals surface area contributed by atoms with Gasteiger partial charge >= 0.3 is 0 Å². The summed E-state index contributed by atoms with van der Waals surface area (Å²) in [5, 5.41) is 4.29. The van der Waals surface area contributed by atoms with E-state index in [0.29, 0.717) is 24.5 Å². The number of aryl methyl sites for hydroxylation is 2. The van der Waals surface area contributed by atoms with Crippen molar-refractivity contribution in [2.75, 3.05) is 46.4 Å². The highest BCUT2D eigenvalue weighted by atomic mass is 16.5. The second kappa shape index (κ2) is 10.5. The van der Waals surface area contributed by atoms with Crippen LogP contribution in [0.5, 0.6) is 11.5 Å². The van der Waals surface area contributed by atoms with Gasteiger partial charge in [0.15, 0.2) is 11.5 Å². The summed E-state index contributed by atoms with van der Waals surface area (Å²) in [5.74, 6) is 1.62. The number of methoxy groups -OCH3 is 1. The van der Waals surface area contributed by atoms with E-state index in [1.165, 1.54) is 0 Å². The summed E-state index contributed by atoms with van der Waals surface area (Å²) in [6.45, 7) is 8.90. The Balaban J connectivity index is 1.34. The summed E-state index contributed by atoms with van der Waals surface area (Å²) >= 11 is 0. The Morgan fingerprint density at radius 1 is 1.00 bits per heavy atom. The summed E-state index contributed by atoms with van der Waals surface area (Å²) < 4.78 is 13.6. The van der Waals surface area contributed by atoms with Gasteiger partial charge in [0.1, 0.15) is 11.8 Å². The number of piperazine rings is 1. The van der Waals surface area contributed by atoms with Crippen LogP contribution in [0.4, 0.5) is 0 Å². The van der Waals surface area contributed by atoms with Crippen LogP contribution in [0.25, 0.3) is 0 Å². The smallest absolute Gasteiger partial charge is 0.272 e. The molecule has 0 radical (unpaired) electrons. The highest BCUT2D eigenvalue weighted by Crippen LogP contribution is 2.31. The molecule has 184 valence electrons. The van der Waals surface area contributed by atoms with Crippen molar-refractivity contribution in [2.24, 2.45) is 7.05 Å². The van der Waals surface area contributed by atoms with Crippen molar-refractivity contribution in [1.82, 2.24) is 24.5 Å². The molecule has 2 fully saturated rings. The van der Waals surface area contributed by atoms with Crippen LogP contribution in [0.1, 0.15) is 41.5 Å². The van der Waals surface area contributed by atoms with E-state index in [4.69, 9.17) is 9.47 Å². The zero-order valence-corrected chi connectivity index (χ0v) is 20.6. The number of hydrogen-bond acceptors (Lipinski definition) is 6. The molecule has 0 aliphatic carbocycles. The lowest BCUT2D eigenvalue weighted by atomic mass is 10.1. The number of hydrogen-bond donors (Lipinski definition) is 0. The van der Waals surface area contributed by atoms with Crippen molar-refractivity contribution >= 4 is 11.8 Å². The fourth-order valence-electron chi connectivity index (χ4n) is 4.72. The van der Waals surface area contributed by atoms with Crippen LogP contribution in [0, 0.1) is 6.92 Å². The molecule has 3 heterocycles. The predicted molar refractivity (Wildman–Crippen MR) is 128 cm³/mol. The number of ether oxygens (including phenoxy) is 2. The minimum Gasteiger partial charge on any atom is -0.493 e. The number of carbonyl (C=O) groups excluding carboxylic acids is 2. The number of rotatable bonds is 6. The Morgan fingerprint density at radius 2 is 1.71 bits per heavy atom. The third kappa shape index (κ3) is 5.52. The first kappa shape index (κ1) is 24.1. The first-order valence-corrected chi connectivity index (χ1v) is 12.0. The topological polar surface area (TPSA) is 80.1 Å². The maximum atomic E-state index is 12.9. The average Bonchev–Trinajstić information content (AvgIpc) is 3.17. The molecule has 34 heavy (non-hydrogen) atoms. The van der Waals surface area contributed by atoms with Gasteiger partial charge in [0, 0.05) is 72.6 Å². The number of piperidine rings is 1. The molecule has 2 amide bonds. The molecule has 9 nitrogen and oxygen atoms in total. The number of carbonyl (C=O) groups is 2. The van der Waals surface area contributed by atoms with E-state index in [2.05, 4.69) is 22.1 Å². The molecule has 0 bridgehead atoms. The van der Waals surface area contributed by atoms with Crippen molar-refractivity contribution in [2.45, 2.75) is 39.3 Å². The van der Waals surface area contributed by atoms with Crippen LogP contribution in [-0.4, -0.2) is 88.8 Å². The normalized spacial score (nSPS) is 17.6. The molecule has 0 atom stereocenters. The summed E-state index contributed by atoms with van der Waals surface area (Å²) in [6, 6.07) is 7.92. The van der Waals surface area contributed by atoms with Crippen molar-refractivity contribution in [1.29, 1.82) is 0 Å². The molecule has 2 saturated heterocycles. The largest absolute Gasteiger partial charge is 0.493 e. The Bertz CT molecular complexity index is 1020. The van der Waals surface area contributed by atoms with E-state index in [-0.39, 0.29) is 17.9 Å². The lowest BCUT2D eigenvalue weighted by molar-refractivity contribution is -0.130.